The first-order chi connectivity index (χ1) is 16.0. The van der Waals surface area contributed by atoms with Crippen molar-refractivity contribution in [1.82, 2.24) is 4.90 Å². The Labute approximate surface area is 206 Å². The summed E-state index contributed by atoms with van der Waals surface area (Å²) < 4.78 is 0. The Hall–Kier alpha value is -2.82. The van der Waals surface area contributed by atoms with Crippen molar-refractivity contribution in [3.05, 3.63) is 59.7 Å². The SMILES string of the molecule is CC[C@H](C(=O)N(Cc1cc(NC(=O)CC(C)(C)C)ccc1N(C)C)[C@H](C)CC)c1ccccc1. The van der Waals surface area contributed by atoms with Crippen molar-refractivity contribution >= 4 is 23.2 Å². The molecule has 0 aromatic heterocycles. The molecule has 0 spiro atoms. The molecule has 0 radical (unpaired) electrons. The minimum atomic E-state index is -0.173. The van der Waals surface area contributed by atoms with Crippen LogP contribution in [-0.2, 0) is 16.1 Å². The smallest absolute Gasteiger partial charge is 0.230 e. The van der Waals surface area contributed by atoms with Crippen molar-refractivity contribution in [2.24, 2.45) is 5.41 Å². The molecule has 0 aliphatic carbocycles. The van der Waals surface area contributed by atoms with Crippen LogP contribution >= 0.6 is 0 Å². The van der Waals surface area contributed by atoms with Crippen LogP contribution in [0.5, 0.6) is 0 Å². The fourth-order valence-corrected chi connectivity index (χ4v) is 4.21. The van der Waals surface area contributed by atoms with Crippen molar-refractivity contribution in [2.45, 2.75) is 79.3 Å². The zero-order valence-corrected chi connectivity index (χ0v) is 22.3. The Morgan fingerprint density at radius 3 is 2.15 bits per heavy atom. The average molecular weight is 466 g/mol. The summed E-state index contributed by atoms with van der Waals surface area (Å²) in [5.41, 5.74) is 3.81. The molecular weight excluding hydrogens is 422 g/mol. The van der Waals surface area contributed by atoms with Crippen LogP contribution in [0.1, 0.15) is 77.8 Å². The van der Waals surface area contributed by atoms with Crippen molar-refractivity contribution in [3.8, 4) is 0 Å². The van der Waals surface area contributed by atoms with E-state index in [1.54, 1.807) is 0 Å². The number of hydrogen-bond acceptors (Lipinski definition) is 3. The fourth-order valence-electron chi connectivity index (χ4n) is 4.21. The van der Waals surface area contributed by atoms with E-state index in [1.165, 1.54) is 0 Å². The lowest BCUT2D eigenvalue weighted by Crippen LogP contribution is -2.41. The first-order valence-corrected chi connectivity index (χ1v) is 12.4. The van der Waals surface area contributed by atoms with Gasteiger partial charge in [-0.25, -0.2) is 0 Å². The maximum Gasteiger partial charge on any atom is 0.230 e. The molecule has 5 heteroatoms. The summed E-state index contributed by atoms with van der Waals surface area (Å²) in [7, 11) is 4.01. The van der Waals surface area contributed by atoms with E-state index in [2.05, 4.69) is 51.8 Å². The molecule has 2 aromatic rings. The van der Waals surface area contributed by atoms with Crippen LogP contribution < -0.4 is 10.2 Å². The molecule has 0 unspecified atom stereocenters. The predicted molar refractivity (Wildman–Crippen MR) is 143 cm³/mol. The fraction of sp³-hybridized carbons (Fsp3) is 0.517. The third kappa shape index (κ3) is 7.61. The molecule has 186 valence electrons. The van der Waals surface area contributed by atoms with E-state index in [4.69, 9.17) is 0 Å². The minimum absolute atomic E-state index is 0.000960. The highest BCUT2D eigenvalue weighted by atomic mass is 16.2. The number of nitrogens with zero attached hydrogens (tertiary/aromatic N) is 2. The van der Waals surface area contributed by atoms with Gasteiger partial charge in [0.05, 0.1) is 5.92 Å². The van der Waals surface area contributed by atoms with Crippen molar-refractivity contribution in [1.29, 1.82) is 0 Å². The van der Waals surface area contributed by atoms with Gasteiger partial charge >= 0.3 is 0 Å². The minimum Gasteiger partial charge on any atom is -0.377 e. The number of anilines is 2. The van der Waals surface area contributed by atoms with E-state index in [1.807, 2.05) is 67.5 Å². The summed E-state index contributed by atoms with van der Waals surface area (Å²) in [5, 5.41) is 3.05. The molecule has 0 aliphatic rings. The third-order valence-electron chi connectivity index (χ3n) is 6.19. The van der Waals surface area contributed by atoms with Crippen molar-refractivity contribution < 1.29 is 9.59 Å². The molecule has 0 saturated carbocycles. The molecule has 0 bridgehead atoms. The summed E-state index contributed by atoms with van der Waals surface area (Å²) in [6.07, 6.45) is 2.07. The van der Waals surface area contributed by atoms with Crippen molar-refractivity contribution in [3.63, 3.8) is 0 Å². The third-order valence-corrected chi connectivity index (χ3v) is 6.19. The lowest BCUT2D eigenvalue weighted by molar-refractivity contribution is -0.135. The number of benzene rings is 2. The van der Waals surface area contributed by atoms with Gasteiger partial charge in [0, 0.05) is 44.5 Å². The molecule has 2 amide bonds. The second-order valence-electron chi connectivity index (χ2n) is 10.6. The summed E-state index contributed by atoms with van der Waals surface area (Å²) in [4.78, 5) is 30.4. The molecule has 0 aliphatic heterocycles. The first kappa shape index (κ1) is 27.4. The highest BCUT2D eigenvalue weighted by molar-refractivity contribution is 5.91. The van der Waals surface area contributed by atoms with Gasteiger partial charge in [0.2, 0.25) is 11.8 Å². The Balaban J connectivity index is 2.39. The summed E-state index contributed by atoms with van der Waals surface area (Å²) >= 11 is 0. The number of nitrogens with one attached hydrogen (secondary N) is 1. The van der Waals surface area contributed by atoms with E-state index in [9.17, 15) is 9.59 Å². The quantitative estimate of drug-likeness (QED) is 0.439. The Morgan fingerprint density at radius 1 is 0.971 bits per heavy atom. The van der Waals surface area contributed by atoms with Crippen molar-refractivity contribution in [2.75, 3.05) is 24.3 Å². The van der Waals surface area contributed by atoms with Gasteiger partial charge in [-0.2, -0.15) is 0 Å². The van der Waals surface area contributed by atoms with E-state index in [0.717, 1.165) is 35.3 Å². The van der Waals surface area contributed by atoms with E-state index in [0.29, 0.717) is 13.0 Å². The highest BCUT2D eigenvalue weighted by Crippen LogP contribution is 2.29. The average Bonchev–Trinajstić information content (AvgIpc) is 2.76. The number of amides is 2. The molecule has 34 heavy (non-hydrogen) atoms. The molecule has 0 fully saturated rings. The number of hydrogen-bond donors (Lipinski definition) is 1. The second-order valence-corrected chi connectivity index (χ2v) is 10.6. The molecule has 2 aromatic carbocycles. The summed E-state index contributed by atoms with van der Waals surface area (Å²) in [5.74, 6) is -0.0244. The van der Waals surface area contributed by atoms with Gasteiger partial charge in [-0.05, 0) is 54.5 Å². The van der Waals surface area contributed by atoms with Gasteiger partial charge in [0.1, 0.15) is 0 Å². The van der Waals surface area contributed by atoms with Gasteiger partial charge in [-0.15, -0.1) is 0 Å². The lowest BCUT2D eigenvalue weighted by Gasteiger charge is -2.33. The summed E-state index contributed by atoms with van der Waals surface area (Å²) in [6.45, 7) is 13.0. The normalized spacial score (nSPS) is 13.2. The zero-order valence-electron chi connectivity index (χ0n) is 22.3. The van der Waals surface area contributed by atoms with Crippen LogP contribution in [0.2, 0.25) is 0 Å². The predicted octanol–water partition coefficient (Wildman–Crippen LogP) is 6.45. The van der Waals surface area contributed by atoms with Gasteiger partial charge in [0.25, 0.3) is 0 Å². The molecule has 1 N–H and O–H groups in total. The van der Waals surface area contributed by atoms with E-state index < -0.39 is 0 Å². The molecular formula is C29H43N3O2. The maximum absolute atomic E-state index is 13.8. The molecule has 2 rings (SSSR count). The Kier molecular flexibility index (Phi) is 9.72. The van der Waals surface area contributed by atoms with Gasteiger partial charge in [0.15, 0.2) is 0 Å². The Bertz CT molecular complexity index is 948. The standard InChI is InChI=1S/C29H43N3O2/c1-9-21(3)32(28(34)25(10-2)22-14-12-11-13-15-22)20-23-18-24(16-17-26(23)31(7)8)30-27(33)19-29(4,5)6/h11-18,21,25H,9-10,19-20H2,1-8H3,(H,30,33)/t21-,25+/m1/s1. The first-order valence-electron chi connectivity index (χ1n) is 12.4. The Morgan fingerprint density at radius 2 is 1.62 bits per heavy atom. The molecule has 0 heterocycles. The van der Waals surface area contributed by atoms with Gasteiger partial charge < -0.3 is 15.1 Å². The van der Waals surface area contributed by atoms with Crippen LogP contribution in [0.3, 0.4) is 0 Å². The monoisotopic (exact) mass is 465 g/mol. The van der Waals surface area contributed by atoms with Crippen LogP contribution in [-0.4, -0.2) is 36.9 Å². The zero-order chi connectivity index (χ0) is 25.5. The molecule has 5 nitrogen and oxygen atoms in total. The van der Waals surface area contributed by atoms with Crippen LogP contribution in [0.15, 0.2) is 48.5 Å². The lowest BCUT2D eigenvalue weighted by atomic mass is 9.92. The molecule has 0 saturated heterocycles. The molecule has 2 atom stereocenters. The number of carbonyl (C=O) groups is 2. The highest BCUT2D eigenvalue weighted by Gasteiger charge is 2.28. The maximum atomic E-state index is 13.8. The van der Waals surface area contributed by atoms with Crippen LogP contribution in [0.4, 0.5) is 11.4 Å². The van der Waals surface area contributed by atoms with Gasteiger partial charge in [-0.3, -0.25) is 9.59 Å². The van der Waals surface area contributed by atoms with Crippen LogP contribution in [0.25, 0.3) is 0 Å². The van der Waals surface area contributed by atoms with Crippen LogP contribution in [0, 0.1) is 5.41 Å². The van der Waals surface area contributed by atoms with E-state index >= 15 is 0 Å². The largest absolute Gasteiger partial charge is 0.377 e. The topological polar surface area (TPSA) is 52.7 Å². The second kappa shape index (κ2) is 12.0. The summed E-state index contributed by atoms with van der Waals surface area (Å²) in [6, 6.07) is 16.1. The number of carbonyl (C=O) groups excluding carboxylic acids is 2. The number of rotatable bonds is 10. The van der Waals surface area contributed by atoms with Gasteiger partial charge in [-0.1, -0.05) is 65.0 Å². The van der Waals surface area contributed by atoms with E-state index in [-0.39, 0.29) is 29.2 Å².